The van der Waals surface area contributed by atoms with Crippen LogP contribution in [0.1, 0.15) is 23.4 Å². The van der Waals surface area contributed by atoms with E-state index in [1.165, 1.54) is 12.4 Å². The molecule has 0 aromatic carbocycles. The number of sulfonamides is 1. The van der Waals surface area contributed by atoms with Crippen molar-refractivity contribution in [2.45, 2.75) is 38.3 Å². The lowest BCUT2D eigenvalue weighted by molar-refractivity contribution is 0.392. The van der Waals surface area contributed by atoms with E-state index in [2.05, 4.69) is 15.0 Å². The molecule has 0 unspecified atom stereocenters. The van der Waals surface area contributed by atoms with Gasteiger partial charge in [-0.15, -0.1) is 0 Å². The molecule has 2 aromatic rings. The van der Waals surface area contributed by atoms with Gasteiger partial charge in [-0.25, -0.2) is 13.1 Å². The van der Waals surface area contributed by atoms with Gasteiger partial charge >= 0.3 is 0 Å². The second-order valence-electron chi connectivity index (χ2n) is 4.71. The fraction of sp³-hybridized carbons (Fsp3) is 0.500. The highest BCUT2D eigenvalue weighted by Crippen LogP contribution is 2.14. The minimum Gasteiger partial charge on any atom is -0.361 e. The van der Waals surface area contributed by atoms with Gasteiger partial charge in [0.2, 0.25) is 10.0 Å². The van der Waals surface area contributed by atoms with Gasteiger partial charge in [-0.3, -0.25) is 4.68 Å². The summed E-state index contributed by atoms with van der Waals surface area (Å²) in [4.78, 5) is 0.131. The Balaban J connectivity index is 2.06. The number of nitrogens with two attached hydrogens (primary N) is 1. The van der Waals surface area contributed by atoms with E-state index in [-0.39, 0.29) is 11.4 Å². The fourth-order valence-electron chi connectivity index (χ4n) is 1.86. The minimum absolute atomic E-state index is 0.131. The van der Waals surface area contributed by atoms with Gasteiger partial charge in [0.25, 0.3) is 0 Å². The number of aryl methyl sites for hydroxylation is 3. The van der Waals surface area contributed by atoms with Gasteiger partial charge < -0.3 is 10.3 Å². The zero-order valence-electron chi connectivity index (χ0n) is 12.0. The first-order valence-electron chi connectivity index (χ1n) is 6.58. The monoisotopic (exact) mass is 313 g/mol. The van der Waals surface area contributed by atoms with Crippen molar-refractivity contribution >= 4 is 10.0 Å². The first-order chi connectivity index (χ1) is 9.94. The maximum Gasteiger partial charge on any atom is 0.243 e. The average molecular weight is 313 g/mol. The van der Waals surface area contributed by atoms with E-state index in [9.17, 15) is 8.42 Å². The second-order valence-corrected chi connectivity index (χ2v) is 6.48. The molecule has 0 amide bonds. The second kappa shape index (κ2) is 6.37. The molecule has 2 aromatic heterocycles. The van der Waals surface area contributed by atoms with Crippen LogP contribution in [0.4, 0.5) is 0 Å². The molecule has 0 saturated carbocycles. The van der Waals surface area contributed by atoms with Crippen LogP contribution in [0.15, 0.2) is 21.8 Å². The SMILES string of the molecule is Cc1noc(C)c1CNS(=O)(=O)c1cnn(CCCN)c1. The van der Waals surface area contributed by atoms with Crippen LogP contribution in [0.5, 0.6) is 0 Å². The minimum atomic E-state index is -3.61. The first kappa shape index (κ1) is 15.7. The first-order valence-corrected chi connectivity index (χ1v) is 8.06. The summed E-state index contributed by atoms with van der Waals surface area (Å²) >= 11 is 0. The van der Waals surface area contributed by atoms with Crippen LogP contribution in [0.25, 0.3) is 0 Å². The van der Waals surface area contributed by atoms with Gasteiger partial charge in [-0.2, -0.15) is 5.10 Å². The molecule has 9 heteroatoms. The van der Waals surface area contributed by atoms with Crippen LogP contribution in [0.2, 0.25) is 0 Å². The summed E-state index contributed by atoms with van der Waals surface area (Å²) in [7, 11) is -3.61. The predicted octanol–water partition coefficient (Wildman–Crippen LogP) is 0.315. The van der Waals surface area contributed by atoms with E-state index in [0.717, 1.165) is 12.0 Å². The molecule has 2 rings (SSSR count). The molecule has 0 saturated heterocycles. The van der Waals surface area contributed by atoms with Crippen molar-refractivity contribution in [1.29, 1.82) is 0 Å². The number of rotatable bonds is 7. The lowest BCUT2D eigenvalue weighted by atomic mass is 10.2. The lowest BCUT2D eigenvalue weighted by Crippen LogP contribution is -2.23. The third-order valence-corrected chi connectivity index (χ3v) is 4.49. The molecule has 0 bridgehead atoms. The summed E-state index contributed by atoms with van der Waals surface area (Å²) in [6.07, 6.45) is 3.56. The Hall–Kier alpha value is -1.71. The van der Waals surface area contributed by atoms with Crippen LogP contribution in [-0.2, 0) is 23.1 Å². The summed E-state index contributed by atoms with van der Waals surface area (Å²) in [6, 6.07) is 0. The zero-order chi connectivity index (χ0) is 15.5. The van der Waals surface area contributed by atoms with E-state index < -0.39 is 10.0 Å². The van der Waals surface area contributed by atoms with Crippen molar-refractivity contribution in [2.24, 2.45) is 5.73 Å². The van der Waals surface area contributed by atoms with Crippen LogP contribution < -0.4 is 10.5 Å². The van der Waals surface area contributed by atoms with E-state index in [4.69, 9.17) is 10.3 Å². The van der Waals surface area contributed by atoms with Crippen molar-refractivity contribution in [3.05, 3.63) is 29.4 Å². The Morgan fingerprint density at radius 1 is 1.43 bits per heavy atom. The highest BCUT2D eigenvalue weighted by Gasteiger charge is 2.18. The predicted molar refractivity (Wildman–Crippen MR) is 75.9 cm³/mol. The average Bonchev–Trinajstić information content (AvgIpc) is 3.03. The van der Waals surface area contributed by atoms with Crippen molar-refractivity contribution in [2.75, 3.05) is 6.54 Å². The molecule has 0 aliphatic carbocycles. The van der Waals surface area contributed by atoms with Crippen LogP contribution in [0, 0.1) is 13.8 Å². The van der Waals surface area contributed by atoms with Gasteiger partial charge in [0.05, 0.1) is 11.9 Å². The molecular weight excluding hydrogens is 294 g/mol. The van der Waals surface area contributed by atoms with E-state index in [0.29, 0.717) is 24.5 Å². The fourth-order valence-corrected chi connectivity index (χ4v) is 2.81. The maximum atomic E-state index is 12.2. The highest BCUT2D eigenvalue weighted by molar-refractivity contribution is 7.89. The van der Waals surface area contributed by atoms with Crippen LogP contribution >= 0.6 is 0 Å². The smallest absolute Gasteiger partial charge is 0.243 e. The molecular formula is C12H19N5O3S. The number of nitrogens with zero attached hydrogens (tertiary/aromatic N) is 3. The summed E-state index contributed by atoms with van der Waals surface area (Å²) in [6.45, 7) is 4.78. The number of hydrogen-bond acceptors (Lipinski definition) is 6. The number of nitrogens with one attached hydrogen (secondary N) is 1. The van der Waals surface area contributed by atoms with E-state index >= 15 is 0 Å². The summed E-state index contributed by atoms with van der Waals surface area (Å²) in [5.74, 6) is 0.605. The lowest BCUT2D eigenvalue weighted by Gasteiger charge is -2.04. The molecule has 0 atom stereocenters. The Labute approximate surface area is 123 Å². The molecule has 116 valence electrons. The summed E-state index contributed by atoms with van der Waals surface area (Å²) in [5, 5.41) is 7.80. The van der Waals surface area contributed by atoms with Gasteiger partial charge in [-0.1, -0.05) is 5.16 Å². The van der Waals surface area contributed by atoms with Gasteiger partial charge in [0.15, 0.2) is 0 Å². The Morgan fingerprint density at radius 2 is 2.19 bits per heavy atom. The molecule has 0 aliphatic rings. The van der Waals surface area contributed by atoms with E-state index in [1.54, 1.807) is 18.5 Å². The van der Waals surface area contributed by atoms with Crippen molar-refractivity contribution in [3.63, 3.8) is 0 Å². The van der Waals surface area contributed by atoms with Crippen molar-refractivity contribution in [3.8, 4) is 0 Å². The Bertz CT molecular complexity index is 685. The van der Waals surface area contributed by atoms with Crippen molar-refractivity contribution in [1.82, 2.24) is 19.7 Å². The van der Waals surface area contributed by atoms with Gasteiger partial charge in [-0.05, 0) is 26.8 Å². The Morgan fingerprint density at radius 3 is 2.81 bits per heavy atom. The van der Waals surface area contributed by atoms with Crippen LogP contribution in [0.3, 0.4) is 0 Å². The molecule has 0 radical (unpaired) electrons. The third-order valence-electron chi connectivity index (χ3n) is 3.13. The third kappa shape index (κ3) is 3.69. The quantitative estimate of drug-likeness (QED) is 0.760. The Kier molecular flexibility index (Phi) is 4.76. The zero-order valence-corrected chi connectivity index (χ0v) is 12.9. The topological polar surface area (TPSA) is 116 Å². The summed E-state index contributed by atoms with van der Waals surface area (Å²) in [5.41, 5.74) is 6.83. The van der Waals surface area contributed by atoms with Gasteiger partial charge in [0.1, 0.15) is 10.7 Å². The molecule has 3 N–H and O–H groups in total. The molecule has 0 fully saturated rings. The molecule has 21 heavy (non-hydrogen) atoms. The summed E-state index contributed by atoms with van der Waals surface area (Å²) < 4.78 is 33.5. The molecule has 0 aliphatic heterocycles. The standard InChI is InChI=1S/C12H19N5O3S/c1-9-12(10(2)20-16-9)7-15-21(18,19)11-6-14-17(8-11)5-3-4-13/h6,8,15H,3-5,7,13H2,1-2H3. The molecule has 2 heterocycles. The van der Waals surface area contributed by atoms with Gasteiger partial charge in [0, 0.05) is 24.8 Å². The molecule has 8 nitrogen and oxygen atoms in total. The maximum absolute atomic E-state index is 12.2. The highest BCUT2D eigenvalue weighted by atomic mass is 32.2. The number of aromatic nitrogens is 3. The largest absolute Gasteiger partial charge is 0.361 e. The van der Waals surface area contributed by atoms with Crippen LogP contribution in [-0.4, -0.2) is 29.9 Å². The normalized spacial score (nSPS) is 12.0. The van der Waals surface area contributed by atoms with Crippen molar-refractivity contribution < 1.29 is 12.9 Å². The molecule has 0 spiro atoms. The number of hydrogen-bond donors (Lipinski definition) is 2. The van der Waals surface area contributed by atoms with E-state index in [1.807, 2.05) is 0 Å².